The summed E-state index contributed by atoms with van der Waals surface area (Å²) in [6.07, 6.45) is 3.12. The largest absolute Gasteiger partial charge is 0.340 e. The minimum Gasteiger partial charge on any atom is -0.340 e. The van der Waals surface area contributed by atoms with Crippen molar-refractivity contribution in [3.8, 4) is 6.07 Å². The van der Waals surface area contributed by atoms with Crippen LogP contribution in [0, 0.1) is 11.3 Å². The van der Waals surface area contributed by atoms with Gasteiger partial charge < -0.3 is 9.88 Å². The summed E-state index contributed by atoms with van der Waals surface area (Å²) in [5.74, 6) is -0.322. The first-order chi connectivity index (χ1) is 5.74. The molecule has 0 aliphatic heterocycles. The van der Waals surface area contributed by atoms with Crippen molar-refractivity contribution in [3.05, 3.63) is 18.2 Å². The summed E-state index contributed by atoms with van der Waals surface area (Å²) in [6, 6.07) is 1.81. The number of hydrogen-bond donors (Lipinski definition) is 1. The van der Waals surface area contributed by atoms with E-state index in [0.29, 0.717) is 5.69 Å². The number of carbonyl (C=O) groups is 1. The van der Waals surface area contributed by atoms with Gasteiger partial charge in [0.1, 0.15) is 12.2 Å². The zero-order chi connectivity index (χ0) is 8.97. The second kappa shape index (κ2) is 3.53. The summed E-state index contributed by atoms with van der Waals surface area (Å²) >= 11 is 0. The van der Waals surface area contributed by atoms with Crippen molar-refractivity contribution in [2.24, 2.45) is 7.05 Å². The van der Waals surface area contributed by atoms with Gasteiger partial charge in [-0.15, -0.1) is 0 Å². The van der Waals surface area contributed by atoms with Crippen LogP contribution in [0.1, 0.15) is 10.5 Å². The molecule has 1 N–H and O–H groups in total. The SMILES string of the molecule is Cn1cnc(C(=O)NCC#N)c1. The van der Waals surface area contributed by atoms with E-state index in [-0.39, 0.29) is 12.5 Å². The minimum absolute atomic E-state index is 0.00933. The van der Waals surface area contributed by atoms with Gasteiger partial charge in [0.15, 0.2) is 0 Å². The molecule has 0 atom stereocenters. The molecule has 0 aromatic carbocycles. The maximum Gasteiger partial charge on any atom is 0.272 e. The fraction of sp³-hybridized carbons (Fsp3) is 0.286. The Morgan fingerprint density at radius 2 is 2.67 bits per heavy atom. The topological polar surface area (TPSA) is 70.7 Å². The first kappa shape index (κ1) is 8.27. The van der Waals surface area contributed by atoms with Crippen molar-refractivity contribution in [2.75, 3.05) is 6.54 Å². The summed E-state index contributed by atoms with van der Waals surface area (Å²) in [5.41, 5.74) is 0.327. The van der Waals surface area contributed by atoms with Crippen molar-refractivity contribution < 1.29 is 4.79 Å². The van der Waals surface area contributed by atoms with Crippen molar-refractivity contribution in [2.45, 2.75) is 0 Å². The molecule has 1 rings (SSSR count). The predicted molar refractivity (Wildman–Crippen MR) is 41.2 cm³/mol. The molecule has 1 heterocycles. The third-order valence-corrected chi connectivity index (χ3v) is 1.27. The van der Waals surface area contributed by atoms with Crippen molar-refractivity contribution >= 4 is 5.91 Å². The third kappa shape index (κ3) is 1.83. The van der Waals surface area contributed by atoms with Crippen molar-refractivity contribution in [1.29, 1.82) is 5.26 Å². The first-order valence-corrected chi connectivity index (χ1v) is 3.37. The van der Waals surface area contributed by atoms with Gasteiger partial charge in [-0.2, -0.15) is 5.26 Å². The molecular formula is C7H8N4O. The Morgan fingerprint density at radius 1 is 1.92 bits per heavy atom. The quantitative estimate of drug-likeness (QED) is 0.608. The Hall–Kier alpha value is -1.83. The maximum absolute atomic E-state index is 11.1. The number of carbonyl (C=O) groups excluding carboxylic acids is 1. The highest BCUT2D eigenvalue weighted by Gasteiger charge is 2.06. The van der Waals surface area contributed by atoms with Gasteiger partial charge in [-0.3, -0.25) is 4.79 Å². The van der Waals surface area contributed by atoms with Crippen LogP contribution >= 0.6 is 0 Å². The van der Waals surface area contributed by atoms with Crippen LogP contribution in [0.25, 0.3) is 0 Å². The van der Waals surface area contributed by atoms with Crippen LogP contribution in [0.4, 0.5) is 0 Å². The van der Waals surface area contributed by atoms with E-state index in [1.54, 1.807) is 17.8 Å². The predicted octanol–water partition coefficient (Wildman–Crippen LogP) is -0.327. The van der Waals surface area contributed by atoms with Gasteiger partial charge in [-0.25, -0.2) is 4.98 Å². The van der Waals surface area contributed by atoms with Crippen LogP contribution in [-0.2, 0) is 7.05 Å². The van der Waals surface area contributed by atoms with Gasteiger partial charge in [-0.05, 0) is 0 Å². The van der Waals surface area contributed by atoms with E-state index in [0.717, 1.165) is 0 Å². The number of nitrogens with one attached hydrogen (secondary N) is 1. The molecule has 0 aliphatic carbocycles. The Kier molecular flexibility index (Phi) is 2.43. The van der Waals surface area contributed by atoms with E-state index in [2.05, 4.69) is 10.3 Å². The number of rotatable bonds is 2. The lowest BCUT2D eigenvalue weighted by Crippen LogP contribution is -2.23. The van der Waals surface area contributed by atoms with E-state index in [9.17, 15) is 4.79 Å². The molecule has 0 spiro atoms. The van der Waals surface area contributed by atoms with Crippen LogP contribution in [0.3, 0.4) is 0 Å². The van der Waals surface area contributed by atoms with Crippen LogP contribution in [0.2, 0.25) is 0 Å². The minimum atomic E-state index is -0.322. The van der Waals surface area contributed by atoms with Crippen LogP contribution in [-0.4, -0.2) is 22.0 Å². The number of aryl methyl sites for hydroxylation is 1. The number of imidazole rings is 1. The summed E-state index contributed by atoms with van der Waals surface area (Å²) in [7, 11) is 1.77. The Morgan fingerprint density at radius 3 is 3.17 bits per heavy atom. The molecule has 1 amide bonds. The molecule has 0 fully saturated rings. The van der Waals surface area contributed by atoms with Gasteiger partial charge in [0.25, 0.3) is 5.91 Å². The summed E-state index contributed by atoms with van der Waals surface area (Å²) < 4.78 is 1.67. The van der Waals surface area contributed by atoms with E-state index in [1.807, 2.05) is 6.07 Å². The lowest BCUT2D eigenvalue weighted by molar-refractivity contribution is 0.0954. The zero-order valence-electron chi connectivity index (χ0n) is 6.61. The molecule has 62 valence electrons. The Labute approximate surface area is 69.6 Å². The third-order valence-electron chi connectivity index (χ3n) is 1.27. The van der Waals surface area contributed by atoms with Gasteiger partial charge in [0.2, 0.25) is 0 Å². The van der Waals surface area contributed by atoms with Gasteiger partial charge in [0, 0.05) is 13.2 Å². The number of aromatic nitrogens is 2. The molecule has 5 heteroatoms. The summed E-state index contributed by atoms with van der Waals surface area (Å²) in [4.78, 5) is 14.9. The molecule has 0 radical (unpaired) electrons. The number of hydrogen-bond acceptors (Lipinski definition) is 3. The first-order valence-electron chi connectivity index (χ1n) is 3.37. The van der Waals surface area contributed by atoms with Crippen LogP contribution in [0.15, 0.2) is 12.5 Å². The summed E-state index contributed by atoms with van der Waals surface area (Å²) in [6.45, 7) is 0.00933. The second-order valence-corrected chi connectivity index (χ2v) is 2.27. The summed E-state index contributed by atoms with van der Waals surface area (Å²) in [5, 5.41) is 10.6. The van der Waals surface area contributed by atoms with E-state index in [4.69, 9.17) is 5.26 Å². The van der Waals surface area contributed by atoms with Crippen LogP contribution in [0.5, 0.6) is 0 Å². The molecule has 1 aromatic heterocycles. The van der Waals surface area contributed by atoms with Crippen molar-refractivity contribution in [3.63, 3.8) is 0 Å². The van der Waals surface area contributed by atoms with Crippen LogP contribution < -0.4 is 5.32 Å². The average Bonchev–Trinajstić information content (AvgIpc) is 2.47. The highest BCUT2D eigenvalue weighted by atomic mass is 16.1. The van der Waals surface area contributed by atoms with E-state index < -0.39 is 0 Å². The molecule has 5 nitrogen and oxygen atoms in total. The molecule has 12 heavy (non-hydrogen) atoms. The maximum atomic E-state index is 11.1. The highest BCUT2D eigenvalue weighted by Crippen LogP contribution is 1.92. The van der Waals surface area contributed by atoms with E-state index in [1.165, 1.54) is 6.33 Å². The fourth-order valence-electron chi connectivity index (χ4n) is 0.740. The number of nitrogens with zero attached hydrogens (tertiary/aromatic N) is 3. The number of nitriles is 1. The molecular weight excluding hydrogens is 156 g/mol. The fourth-order valence-corrected chi connectivity index (χ4v) is 0.740. The van der Waals surface area contributed by atoms with E-state index >= 15 is 0 Å². The molecule has 0 aliphatic rings. The molecule has 0 bridgehead atoms. The Bertz CT molecular complexity index is 322. The molecule has 0 saturated heterocycles. The zero-order valence-corrected chi connectivity index (χ0v) is 6.61. The molecule has 1 aromatic rings. The Balaban J connectivity index is 2.61. The second-order valence-electron chi connectivity index (χ2n) is 2.27. The molecule has 0 saturated carbocycles. The number of amides is 1. The standard InChI is InChI=1S/C7H8N4O/c1-11-4-6(10-5-11)7(12)9-3-2-8/h4-5H,3H2,1H3,(H,9,12). The highest BCUT2D eigenvalue weighted by molar-refractivity contribution is 5.92. The van der Waals surface area contributed by atoms with Gasteiger partial charge in [0.05, 0.1) is 12.4 Å². The lowest BCUT2D eigenvalue weighted by atomic mass is 10.4. The molecule has 0 unspecified atom stereocenters. The average molecular weight is 164 g/mol. The van der Waals surface area contributed by atoms with Gasteiger partial charge in [-0.1, -0.05) is 0 Å². The van der Waals surface area contributed by atoms with Crippen molar-refractivity contribution in [1.82, 2.24) is 14.9 Å². The smallest absolute Gasteiger partial charge is 0.272 e. The lowest BCUT2D eigenvalue weighted by Gasteiger charge is -1.94. The normalized spacial score (nSPS) is 9.00. The monoisotopic (exact) mass is 164 g/mol. The van der Waals surface area contributed by atoms with Gasteiger partial charge >= 0.3 is 0 Å².